The van der Waals surface area contributed by atoms with Crippen LogP contribution in [-0.4, -0.2) is 16.6 Å². The second kappa shape index (κ2) is 7.73. The van der Waals surface area contributed by atoms with Crippen molar-refractivity contribution in [2.75, 3.05) is 11.1 Å². The molecule has 23 heavy (non-hydrogen) atoms. The first-order valence-electron chi connectivity index (χ1n) is 6.89. The predicted molar refractivity (Wildman–Crippen MR) is 88.2 cm³/mol. The van der Waals surface area contributed by atoms with E-state index in [0.29, 0.717) is 16.3 Å². The van der Waals surface area contributed by atoms with Crippen LogP contribution in [0.25, 0.3) is 0 Å². The second-order valence-electron chi connectivity index (χ2n) is 4.83. The molecule has 0 aliphatic carbocycles. The summed E-state index contributed by atoms with van der Waals surface area (Å²) in [5.74, 6) is -0.161. The van der Waals surface area contributed by atoms with Gasteiger partial charge in [0.1, 0.15) is 5.82 Å². The summed E-state index contributed by atoms with van der Waals surface area (Å²) in [5.41, 5.74) is 1.08. The van der Waals surface area contributed by atoms with Gasteiger partial charge in [-0.2, -0.15) is 0 Å². The van der Waals surface area contributed by atoms with Gasteiger partial charge in [0, 0.05) is 29.2 Å². The van der Waals surface area contributed by atoms with Crippen LogP contribution in [0.5, 0.6) is 0 Å². The lowest BCUT2D eigenvalue weighted by Gasteiger charge is -2.08. The number of carbonyl (C=O) groups is 1. The summed E-state index contributed by atoms with van der Waals surface area (Å²) in [6, 6.07) is 10.7. The van der Waals surface area contributed by atoms with Gasteiger partial charge < -0.3 is 5.32 Å². The molecule has 0 bridgehead atoms. The number of non-ortho nitro benzene ring substituents is 1. The highest BCUT2D eigenvalue weighted by molar-refractivity contribution is 7.99. The summed E-state index contributed by atoms with van der Waals surface area (Å²) >= 11 is 1.25. The van der Waals surface area contributed by atoms with Crippen molar-refractivity contribution in [2.24, 2.45) is 0 Å². The number of nitro groups is 1. The van der Waals surface area contributed by atoms with E-state index in [1.54, 1.807) is 31.2 Å². The molecule has 0 aromatic heterocycles. The molecule has 2 aromatic rings. The van der Waals surface area contributed by atoms with Crippen molar-refractivity contribution in [2.45, 2.75) is 18.2 Å². The summed E-state index contributed by atoms with van der Waals surface area (Å²) in [5, 5.41) is 13.4. The summed E-state index contributed by atoms with van der Waals surface area (Å²) in [6.45, 7) is 1.76. The van der Waals surface area contributed by atoms with E-state index in [1.807, 2.05) is 0 Å². The van der Waals surface area contributed by atoms with E-state index >= 15 is 0 Å². The molecule has 0 saturated heterocycles. The van der Waals surface area contributed by atoms with Crippen LogP contribution in [0, 0.1) is 22.9 Å². The van der Waals surface area contributed by atoms with Gasteiger partial charge in [0.05, 0.1) is 10.6 Å². The molecule has 0 radical (unpaired) electrons. The van der Waals surface area contributed by atoms with Crippen LogP contribution in [-0.2, 0) is 4.79 Å². The summed E-state index contributed by atoms with van der Waals surface area (Å²) < 4.78 is 13.4. The second-order valence-corrected chi connectivity index (χ2v) is 5.97. The maximum atomic E-state index is 13.4. The van der Waals surface area contributed by atoms with Crippen LogP contribution >= 0.6 is 11.8 Å². The molecule has 0 heterocycles. The van der Waals surface area contributed by atoms with E-state index in [9.17, 15) is 19.3 Å². The quantitative estimate of drug-likeness (QED) is 0.489. The Kier molecular flexibility index (Phi) is 5.70. The topological polar surface area (TPSA) is 72.2 Å². The van der Waals surface area contributed by atoms with E-state index < -0.39 is 4.92 Å². The number of amides is 1. The van der Waals surface area contributed by atoms with Crippen LogP contribution in [0.15, 0.2) is 47.4 Å². The van der Waals surface area contributed by atoms with Gasteiger partial charge in [-0.25, -0.2) is 4.39 Å². The molecule has 2 aromatic carbocycles. The van der Waals surface area contributed by atoms with Gasteiger partial charge in [0.25, 0.3) is 5.69 Å². The van der Waals surface area contributed by atoms with Crippen molar-refractivity contribution in [3.8, 4) is 0 Å². The van der Waals surface area contributed by atoms with Gasteiger partial charge in [-0.3, -0.25) is 14.9 Å². The molecule has 0 spiro atoms. The molecule has 2 rings (SSSR count). The number of thioether (sulfide) groups is 1. The fourth-order valence-corrected chi connectivity index (χ4v) is 2.77. The summed E-state index contributed by atoms with van der Waals surface area (Å²) in [7, 11) is 0. The van der Waals surface area contributed by atoms with Crippen LogP contribution in [0.4, 0.5) is 15.8 Å². The van der Waals surface area contributed by atoms with E-state index in [4.69, 9.17) is 0 Å². The fraction of sp³-hybridized carbons (Fsp3) is 0.188. The lowest BCUT2D eigenvalue weighted by atomic mass is 10.2. The van der Waals surface area contributed by atoms with Crippen LogP contribution in [0.1, 0.15) is 12.0 Å². The van der Waals surface area contributed by atoms with Crippen molar-refractivity contribution < 1.29 is 14.1 Å². The average molecular weight is 334 g/mol. The zero-order chi connectivity index (χ0) is 16.8. The van der Waals surface area contributed by atoms with E-state index in [-0.39, 0.29) is 23.8 Å². The average Bonchev–Trinajstić information content (AvgIpc) is 2.51. The van der Waals surface area contributed by atoms with E-state index in [2.05, 4.69) is 5.32 Å². The minimum Gasteiger partial charge on any atom is -0.326 e. The highest BCUT2D eigenvalue weighted by Crippen LogP contribution is 2.24. The number of carbonyl (C=O) groups excluding carboxylic acids is 1. The lowest BCUT2D eigenvalue weighted by molar-refractivity contribution is -0.384. The normalized spacial score (nSPS) is 10.3. The van der Waals surface area contributed by atoms with E-state index in [0.717, 1.165) is 5.56 Å². The van der Waals surface area contributed by atoms with E-state index in [1.165, 1.54) is 30.0 Å². The molecule has 5 nitrogen and oxygen atoms in total. The Morgan fingerprint density at radius 2 is 2.04 bits per heavy atom. The van der Waals surface area contributed by atoms with Crippen molar-refractivity contribution in [1.29, 1.82) is 0 Å². The highest BCUT2D eigenvalue weighted by Gasteiger charge is 2.11. The molecule has 0 saturated carbocycles. The largest absolute Gasteiger partial charge is 0.326 e. The monoisotopic (exact) mass is 334 g/mol. The van der Waals surface area contributed by atoms with Crippen molar-refractivity contribution >= 4 is 29.0 Å². The van der Waals surface area contributed by atoms with Crippen molar-refractivity contribution in [3.63, 3.8) is 0 Å². The molecular weight excluding hydrogens is 319 g/mol. The number of nitrogens with one attached hydrogen (secondary N) is 1. The standard InChI is InChI=1S/C16H15FN2O3S/c1-11-6-7-12(19(21)22)10-14(11)18-16(20)8-9-23-15-5-3-2-4-13(15)17/h2-7,10H,8-9H2,1H3,(H,18,20). The third-order valence-electron chi connectivity index (χ3n) is 3.13. The maximum Gasteiger partial charge on any atom is 0.271 e. The maximum absolute atomic E-state index is 13.4. The molecule has 1 amide bonds. The number of hydrogen-bond donors (Lipinski definition) is 1. The van der Waals surface area contributed by atoms with Crippen LogP contribution < -0.4 is 5.32 Å². The molecule has 0 aliphatic rings. The van der Waals surface area contributed by atoms with Gasteiger partial charge in [-0.05, 0) is 24.6 Å². The molecule has 0 aliphatic heterocycles. The number of nitro benzene ring substituents is 1. The number of anilines is 1. The first-order chi connectivity index (χ1) is 11.0. The molecule has 0 fully saturated rings. The van der Waals surface area contributed by atoms with Gasteiger partial charge in [-0.15, -0.1) is 11.8 Å². The minimum absolute atomic E-state index is 0.0772. The Labute approximate surface area is 137 Å². The third-order valence-corrected chi connectivity index (χ3v) is 4.18. The zero-order valence-corrected chi connectivity index (χ0v) is 13.2. The van der Waals surface area contributed by atoms with Crippen molar-refractivity contribution in [1.82, 2.24) is 0 Å². The highest BCUT2D eigenvalue weighted by atomic mass is 32.2. The summed E-state index contributed by atoms with van der Waals surface area (Å²) in [6.07, 6.45) is 0.182. The minimum atomic E-state index is -0.511. The molecule has 120 valence electrons. The number of rotatable bonds is 6. The SMILES string of the molecule is Cc1ccc([N+](=O)[O-])cc1NC(=O)CCSc1ccccc1F. The molecule has 7 heteroatoms. The molecule has 0 unspecified atom stereocenters. The fourth-order valence-electron chi connectivity index (χ4n) is 1.89. The lowest BCUT2D eigenvalue weighted by Crippen LogP contribution is -2.13. The van der Waals surface area contributed by atoms with Crippen LogP contribution in [0.3, 0.4) is 0 Å². The smallest absolute Gasteiger partial charge is 0.271 e. The van der Waals surface area contributed by atoms with Crippen molar-refractivity contribution in [3.05, 3.63) is 64.0 Å². The third kappa shape index (κ3) is 4.79. The van der Waals surface area contributed by atoms with Crippen LogP contribution in [0.2, 0.25) is 0 Å². The Morgan fingerprint density at radius 3 is 2.74 bits per heavy atom. The number of nitrogens with zero attached hydrogens (tertiary/aromatic N) is 1. The number of hydrogen-bond acceptors (Lipinski definition) is 4. The first kappa shape index (κ1) is 17.0. The van der Waals surface area contributed by atoms with Gasteiger partial charge in [-0.1, -0.05) is 18.2 Å². The number of aryl methyl sites for hydroxylation is 1. The predicted octanol–water partition coefficient (Wildman–Crippen LogP) is 4.16. The zero-order valence-electron chi connectivity index (χ0n) is 12.4. The number of halogens is 1. The Bertz CT molecular complexity index is 737. The molecule has 1 N–H and O–H groups in total. The number of benzene rings is 2. The van der Waals surface area contributed by atoms with Gasteiger partial charge in [0.2, 0.25) is 5.91 Å². The Morgan fingerprint density at radius 1 is 1.30 bits per heavy atom. The molecular formula is C16H15FN2O3S. The van der Waals surface area contributed by atoms with Gasteiger partial charge in [0.15, 0.2) is 0 Å². The first-order valence-corrected chi connectivity index (χ1v) is 7.88. The Balaban J connectivity index is 1.91. The van der Waals surface area contributed by atoms with Gasteiger partial charge >= 0.3 is 0 Å². The Hall–Kier alpha value is -2.41. The molecule has 0 atom stereocenters. The summed E-state index contributed by atoms with van der Waals surface area (Å²) in [4.78, 5) is 22.7.